The zero-order chi connectivity index (χ0) is 18.5. The molecule has 0 fully saturated rings. The fourth-order valence-corrected chi connectivity index (χ4v) is 3.34. The normalized spacial score (nSPS) is 11.5. The molecule has 0 amide bonds. The van der Waals surface area contributed by atoms with E-state index in [1.54, 1.807) is 10.7 Å². The average molecular weight is 355 g/mol. The second-order valence-corrected chi connectivity index (χ2v) is 6.60. The van der Waals surface area contributed by atoms with Crippen LogP contribution in [-0.4, -0.2) is 34.1 Å². The minimum absolute atomic E-state index is 0.613. The van der Waals surface area contributed by atoms with Gasteiger partial charge in [0.1, 0.15) is 5.69 Å². The molecule has 4 heterocycles. The molecule has 0 aliphatic rings. The molecule has 4 aromatic heterocycles. The second-order valence-electron chi connectivity index (χ2n) is 6.60. The lowest BCUT2D eigenvalue weighted by Crippen LogP contribution is -1.97. The summed E-state index contributed by atoms with van der Waals surface area (Å²) in [6, 6.07) is 13.9. The summed E-state index contributed by atoms with van der Waals surface area (Å²) in [4.78, 5) is 18.2. The molecule has 27 heavy (non-hydrogen) atoms. The third kappa shape index (κ3) is 2.47. The number of fused-ring (bicyclic) bond motifs is 2. The van der Waals surface area contributed by atoms with Crippen molar-refractivity contribution in [3.05, 3.63) is 60.0 Å². The summed E-state index contributed by atoms with van der Waals surface area (Å²) in [6.07, 6.45) is 1.78. The quantitative estimate of drug-likeness (QED) is 0.485. The lowest BCUT2D eigenvalue weighted by atomic mass is 10.2. The molecule has 0 bridgehead atoms. The van der Waals surface area contributed by atoms with Crippen LogP contribution in [0, 0.1) is 13.8 Å². The Balaban J connectivity index is 1.67. The van der Waals surface area contributed by atoms with Gasteiger partial charge in [-0.05, 0) is 50.2 Å². The van der Waals surface area contributed by atoms with E-state index in [-0.39, 0.29) is 0 Å². The minimum Gasteiger partial charge on any atom is -0.326 e. The van der Waals surface area contributed by atoms with E-state index >= 15 is 0 Å². The minimum atomic E-state index is 0.613. The highest BCUT2D eigenvalue weighted by Gasteiger charge is 2.14. The lowest BCUT2D eigenvalue weighted by molar-refractivity contribution is 0.888. The molecule has 0 radical (unpaired) electrons. The van der Waals surface area contributed by atoms with Crippen LogP contribution in [0.3, 0.4) is 0 Å². The molecule has 0 atom stereocenters. The van der Waals surface area contributed by atoms with Gasteiger partial charge in [-0.3, -0.25) is 4.98 Å². The van der Waals surface area contributed by atoms with Crippen molar-refractivity contribution in [2.75, 3.05) is 0 Å². The standard InChI is InChI=1S/C20H17N7/c1-12-10-13(2)27-20(22-12)24-18(25-27)14-7-8-15-17(11-14)26(3)19(23-15)16-6-4-5-9-21-16/h4-11H,1-3H3. The number of nitrogens with zero attached hydrogens (tertiary/aromatic N) is 7. The van der Waals surface area contributed by atoms with Crippen molar-refractivity contribution in [1.82, 2.24) is 34.1 Å². The molecule has 0 saturated heterocycles. The van der Waals surface area contributed by atoms with Crippen LogP contribution in [0.5, 0.6) is 0 Å². The van der Waals surface area contributed by atoms with E-state index in [1.807, 2.05) is 61.9 Å². The number of benzene rings is 1. The molecule has 0 N–H and O–H groups in total. The Morgan fingerprint density at radius 2 is 1.81 bits per heavy atom. The zero-order valence-corrected chi connectivity index (χ0v) is 15.2. The Bertz CT molecular complexity index is 1300. The summed E-state index contributed by atoms with van der Waals surface area (Å²) in [6.45, 7) is 3.96. The van der Waals surface area contributed by atoms with Gasteiger partial charge >= 0.3 is 0 Å². The van der Waals surface area contributed by atoms with Crippen LogP contribution in [0.25, 0.3) is 39.7 Å². The van der Waals surface area contributed by atoms with Crippen LogP contribution in [0.4, 0.5) is 0 Å². The fraction of sp³-hybridized carbons (Fsp3) is 0.150. The number of hydrogen-bond donors (Lipinski definition) is 0. The summed E-state index contributed by atoms with van der Waals surface area (Å²) < 4.78 is 3.82. The van der Waals surface area contributed by atoms with Crippen molar-refractivity contribution in [2.24, 2.45) is 7.05 Å². The molecular weight excluding hydrogens is 338 g/mol. The van der Waals surface area contributed by atoms with E-state index in [2.05, 4.69) is 26.1 Å². The Labute approximate surface area is 155 Å². The van der Waals surface area contributed by atoms with E-state index in [1.165, 1.54) is 0 Å². The SMILES string of the molecule is Cc1cc(C)n2nc(-c3ccc4nc(-c5ccccn5)n(C)c4c3)nc2n1. The number of hydrogen-bond acceptors (Lipinski definition) is 5. The van der Waals surface area contributed by atoms with Crippen molar-refractivity contribution in [2.45, 2.75) is 13.8 Å². The highest BCUT2D eigenvalue weighted by Crippen LogP contribution is 2.26. The molecule has 5 aromatic rings. The van der Waals surface area contributed by atoms with Gasteiger partial charge in [0.15, 0.2) is 11.6 Å². The first kappa shape index (κ1) is 15.6. The summed E-state index contributed by atoms with van der Waals surface area (Å²) >= 11 is 0. The summed E-state index contributed by atoms with van der Waals surface area (Å²) in [5.74, 6) is 2.10. The van der Waals surface area contributed by atoms with Crippen molar-refractivity contribution in [3.63, 3.8) is 0 Å². The smallest absolute Gasteiger partial charge is 0.253 e. The number of aromatic nitrogens is 7. The molecule has 0 unspecified atom stereocenters. The van der Waals surface area contributed by atoms with Gasteiger partial charge < -0.3 is 4.57 Å². The number of imidazole rings is 1. The van der Waals surface area contributed by atoms with Crippen LogP contribution in [0.1, 0.15) is 11.4 Å². The van der Waals surface area contributed by atoms with Gasteiger partial charge in [0.25, 0.3) is 5.78 Å². The van der Waals surface area contributed by atoms with E-state index in [9.17, 15) is 0 Å². The largest absolute Gasteiger partial charge is 0.326 e. The summed E-state index contributed by atoms with van der Waals surface area (Å²) in [5, 5.41) is 4.63. The molecule has 5 rings (SSSR count). The van der Waals surface area contributed by atoms with Gasteiger partial charge in [-0.15, -0.1) is 5.10 Å². The van der Waals surface area contributed by atoms with Crippen molar-refractivity contribution in [3.8, 4) is 22.9 Å². The van der Waals surface area contributed by atoms with E-state index in [0.29, 0.717) is 11.6 Å². The number of rotatable bonds is 2. The molecule has 0 saturated carbocycles. The van der Waals surface area contributed by atoms with Crippen molar-refractivity contribution < 1.29 is 0 Å². The first-order valence-corrected chi connectivity index (χ1v) is 8.69. The summed E-state index contributed by atoms with van der Waals surface area (Å²) in [5.41, 5.74) is 5.64. The second kappa shape index (κ2) is 5.70. The Kier molecular flexibility index (Phi) is 3.30. The van der Waals surface area contributed by atoms with Gasteiger partial charge in [-0.2, -0.15) is 4.98 Å². The molecule has 0 aliphatic carbocycles. The predicted molar refractivity (Wildman–Crippen MR) is 103 cm³/mol. The molecule has 7 nitrogen and oxygen atoms in total. The van der Waals surface area contributed by atoms with E-state index < -0.39 is 0 Å². The maximum Gasteiger partial charge on any atom is 0.253 e. The molecule has 132 valence electrons. The fourth-order valence-electron chi connectivity index (χ4n) is 3.34. The van der Waals surface area contributed by atoms with Gasteiger partial charge in [-0.1, -0.05) is 6.07 Å². The third-order valence-corrected chi connectivity index (χ3v) is 4.65. The van der Waals surface area contributed by atoms with Gasteiger partial charge in [0.2, 0.25) is 0 Å². The Morgan fingerprint density at radius 3 is 2.63 bits per heavy atom. The Morgan fingerprint density at radius 1 is 0.926 bits per heavy atom. The molecule has 1 aromatic carbocycles. The zero-order valence-electron chi connectivity index (χ0n) is 15.2. The van der Waals surface area contributed by atoms with Gasteiger partial charge in [0.05, 0.1) is 11.0 Å². The molecule has 0 aliphatic heterocycles. The van der Waals surface area contributed by atoms with Crippen molar-refractivity contribution >= 4 is 16.8 Å². The van der Waals surface area contributed by atoms with Crippen LogP contribution in [0.2, 0.25) is 0 Å². The highest BCUT2D eigenvalue weighted by molar-refractivity contribution is 5.84. The van der Waals surface area contributed by atoms with Crippen molar-refractivity contribution in [1.29, 1.82) is 0 Å². The highest BCUT2D eigenvalue weighted by atomic mass is 15.3. The lowest BCUT2D eigenvalue weighted by Gasteiger charge is -2.01. The van der Waals surface area contributed by atoms with E-state index in [0.717, 1.165) is 39.5 Å². The maximum atomic E-state index is 4.73. The number of pyridine rings is 1. The van der Waals surface area contributed by atoms with Crippen LogP contribution >= 0.6 is 0 Å². The molecular formula is C20H17N7. The maximum absolute atomic E-state index is 4.73. The Hall–Kier alpha value is -3.61. The monoisotopic (exact) mass is 355 g/mol. The first-order chi connectivity index (χ1) is 13.1. The topological polar surface area (TPSA) is 73.8 Å². The summed E-state index contributed by atoms with van der Waals surface area (Å²) in [7, 11) is 2.00. The first-order valence-electron chi connectivity index (χ1n) is 8.69. The van der Waals surface area contributed by atoms with Crippen LogP contribution in [-0.2, 0) is 7.05 Å². The van der Waals surface area contributed by atoms with Gasteiger partial charge in [-0.25, -0.2) is 14.5 Å². The van der Waals surface area contributed by atoms with Crippen LogP contribution < -0.4 is 0 Å². The predicted octanol–water partition coefficient (Wildman–Crippen LogP) is 3.36. The average Bonchev–Trinajstić information content (AvgIpc) is 3.24. The number of aryl methyl sites for hydroxylation is 3. The molecule has 0 spiro atoms. The third-order valence-electron chi connectivity index (χ3n) is 4.65. The van der Waals surface area contributed by atoms with E-state index in [4.69, 9.17) is 4.98 Å². The molecule has 7 heteroatoms. The van der Waals surface area contributed by atoms with Gasteiger partial charge in [0, 0.05) is 30.2 Å². The van der Waals surface area contributed by atoms with Crippen LogP contribution in [0.15, 0.2) is 48.7 Å².